The minimum Gasteiger partial charge on any atom is -0.466 e. The molecule has 2 aromatic heterocycles. The van der Waals surface area contributed by atoms with Crippen LogP contribution in [0.4, 0.5) is 0 Å². The molecule has 2 aromatic rings. The third kappa shape index (κ3) is 3.12. The standard InChI is InChI=1S/C19H27N3O2/c1-11-7-15-16(9-19(4,5)10-17(15)24-11)20-18(23)8-14-12(2)21-22(6)13(14)3/h7,16H,8-10H2,1-6H3,(H,20,23)/t16-/m1/s1. The van der Waals surface area contributed by atoms with E-state index in [4.69, 9.17) is 4.42 Å². The van der Waals surface area contributed by atoms with Crippen molar-refractivity contribution in [1.29, 1.82) is 0 Å². The van der Waals surface area contributed by atoms with E-state index in [-0.39, 0.29) is 17.4 Å². The van der Waals surface area contributed by atoms with Gasteiger partial charge in [0.1, 0.15) is 11.5 Å². The molecule has 0 saturated heterocycles. The fourth-order valence-electron chi connectivity index (χ4n) is 3.79. The van der Waals surface area contributed by atoms with Gasteiger partial charge in [0.15, 0.2) is 0 Å². The molecule has 0 aromatic carbocycles. The number of amides is 1. The number of rotatable bonds is 3. The number of nitrogens with zero attached hydrogens (tertiary/aromatic N) is 2. The lowest BCUT2D eigenvalue weighted by Gasteiger charge is -2.34. The molecule has 2 heterocycles. The number of fused-ring (bicyclic) bond motifs is 1. The Labute approximate surface area is 143 Å². The van der Waals surface area contributed by atoms with E-state index in [1.165, 1.54) is 0 Å². The first-order valence-electron chi connectivity index (χ1n) is 8.54. The molecular weight excluding hydrogens is 302 g/mol. The molecule has 24 heavy (non-hydrogen) atoms. The SMILES string of the molecule is Cc1cc2c(o1)CC(C)(C)C[C@H]2NC(=O)Cc1c(C)nn(C)c1C. The summed E-state index contributed by atoms with van der Waals surface area (Å²) in [6.07, 6.45) is 2.22. The van der Waals surface area contributed by atoms with Gasteiger partial charge in [0.2, 0.25) is 5.91 Å². The molecule has 1 aliphatic rings. The normalized spacial score (nSPS) is 19.2. The second-order valence-corrected chi connectivity index (χ2v) is 7.85. The van der Waals surface area contributed by atoms with Crippen LogP contribution < -0.4 is 5.32 Å². The molecule has 1 aliphatic carbocycles. The van der Waals surface area contributed by atoms with Crippen LogP contribution in [0.3, 0.4) is 0 Å². The highest BCUT2D eigenvalue weighted by atomic mass is 16.3. The van der Waals surface area contributed by atoms with E-state index in [9.17, 15) is 4.79 Å². The molecule has 0 fully saturated rings. The summed E-state index contributed by atoms with van der Waals surface area (Å²) < 4.78 is 7.68. The van der Waals surface area contributed by atoms with Crippen LogP contribution in [-0.4, -0.2) is 15.7 Å². The first kappa shape index (κ1) is 16.8. The van der Waals surface area contributed by atoms with Gasteiger partial charge in [0, 0.05) is 30.3 Å². The Balaban J connectivity index is 1.79. The summed E-state index contributed by atoms with van der Waals surface area (Å²) in [5, 5.41) is 7.61. The number of hydrogen-bond donors (Lipinski definition) is 1. The van der Waals surface area contributed by atoms with E-state index in [0.29, 0.717) is 6.42 Å². The van der Waals surface area contributed by atoms with Crippen LogP contribution >= 0.6 is 0 Å². The van der Waals surface area contributed by atoms with E-state index in [0.717, 1.165) is 46.9 Å². The molecule has 0 saturated carbocycles. The molecule has 3 rings (SSSR count). The topological polar surface area (TPSA) is 60.1 Å². The van der Waals surface area contributed by atoms with Crippen LogP contribution in [0.1, 0.15) is 60.3 Å². The molecule has 0 unspecified atom stereocenters. The Morgan fingerprint density at radius 2 is 2.12 bits per heavy atom. The smallest absolute Gasteiger partial charge is 0.225 e. The predicted molar refractivity (Wildman–Crippen MR) is 92.8 cm³/mol. The Morgan fingerprint density at radius 1 is 1.42 bits per heavy atom. The van der Waals surface area contributed by atoms with E-state index in [1.54, 1.807) is 0 Å². The van der Waals surface area contributed by atoms with Crippen molar-refractivity contribution in [2.45, 2.75) is 59.9 Å². The molecule has 0 radical (unpaired) electrons. The molecule has 130 valence electrons. The van der Waals surface area contributed by atoms with Gasteiger partial charge in [-0.05, 0) is 38.7 Å². The maximum atomic E-state index is 12.6. The van der Waals surface area contributed by atoms with Crippen molar-refractivity contribution in [3.63, 3.8) is 0 Å². The number of aromatic nitrogens is 2. The maximum Gasteiger partial charge on any atom is 0.225 e. The van der Waals surface area contributed by atoms with Crippen LogP contribution in [0, 0.1) is 26.2 Å². The summed E-state index contributed by atoms with van der Waals surface area (Å²) in [6, 6.07) is 2.08. The van der Waals surface area contributed by atoms with Crippen molar-refractivity contribution in [3.05, 3.63) is 40.1 Å². The molecule has 1 atom stereocenters. The highest BCUT2D eigenvalue weighted by Crippen LogP contribution is 2.42. The zero-order valence-corrected chi connectivity index (χ0v) is 15.5. The Kier molecular flexibility index (Phi) is 4.06. The van der Waals surface area contributed by atoms with Crippen LogP contribution in [0.2, 0.25) is 0 Å². The summed E-state index contributed by atoms with van der Waals surface area (Å²) in [7, 11) is 1.91. The molecule has 5 heteroatoms. The van der Waals surface area contributed by atoms with Crippen molar-refractivity contribution in [2.24, 2.45) is 12.5 Å². The molecule has 1 amide bonds. The average Bonchev–Trinajstić information content (AvgIpc) is 2.92. The second-order valence-electron chi connectivity index (χ2n) is 7.85. The highest BCUT2D eigenvalue weighted by Gasteiger charge is 2.35. The van der Waals surface area contributed by atoms with Gasteiger partial charge >= 0.3 is 0 Å². The van der Waals surface area contributed by atoms with Gasteiger partial charge < -0.3 is 9.73 Å². The van der Waals surface area contributed by atoms with Crippen molar-refractivity contribution >= 4 is 5.91 Å². The maximum absolute atomic E-state index is 12.6. The van der Waals surface area contributed by atoms with Crippen molar-refractivity contribution in [3.8, 4) is 0 Å². The predicted octanol–water partition coefficient (Wildman–Crippen LogP) is 3.31. The van der Waals surface area contributed by atoms with Gasteiger partial charge in [0.25, 0.3) is 0 Å². The zero-order chi connectivity index (χ0) is 17.6. The highest BCUT2D eigenvalue weighted by molar-refractivity contribution is 5.79. The molecule has 1 N–H and O–H groups in total. The molecule has 0 spiro atoms. The fraction of sp³-hybridized carbons (Fsp3) is 0.579. The number of carbonyl (C=O) groups is 1. The first-order valence-corrected chi connectivity index (χ1v) is 8.54. The number of aryl methyl sites for hydroxylation is 3. The number of furan rings is 1. The van der Waals surface area contributed by atoms with Crippen LogP contribution in [-0.2, 0) is 24.7 Å². The van der Waals surface area contributed by atoms with Gasteiger partial charge in [-0.25, -0.2) is 0 Å². The largest absolute Gasteiger partial charge is 0.466 e. The zero-order valence-electron chi connectivity index (χ0n) is 15.5. The lowest BCUT2D eigenvalue weighted by atomic mass is 9.74. The van der Waals surface area contributed by atoms with Crippen LogP contribution in [0.25, 0.3) is 0 Å². The Bertz CT molecular complexity index is 783. The van der Waals surface area contributed by atoms with Crippen molar-refractivity contribution in [2.75, 3.05) is 0 Å². The van der Waals surface area contributed by atoms with Gasteiger partial charge in [-0.2, -0.15) is 5.10 Å². The summed E-state index contributed by atoms with van der Waals surface area (Å²) in [5.74, 6) is 1.97. The molecular formula is C19H27N3O2. The van der Waals surface area contributed by atoms with E-state index in [2.05, 4.69) is 30.3 Å². The summed E-state index contributed by atoms with van der Waals surface area (Å²) in [4.78, 5) is 12.6. The number of nitrogens with one attached hydrogen (secondary N) is 1. The molecule has 5 nitrogen and oxygen atoms in total. The molecule has 0 bridgehead atoms. The van der Waals surface area contributed by atoms with Crippen LogP contribution in [0.15, 0.2) is 10.5 Å². The van der Waals surface area contributed by atoms with Crippen LogP contribution in [0.5, 0.6) is 0 Å². The third-order valence-electron chi connectivity index (χ3n) is 5.07. The Hall–Kier alpha value is -2.04. The number of hydrogen-bond acceptors (Lipinski definition) is 3. The van der Waals surface area contributed by atoms with Gasteiger partial charge in [-0.15, -0.1) is 0 Å². The summed E-state index contributed by atoms with van der Waals surface area (Å²) >= 11 is 0. The van der Waals surface area contributed by atoms with Gasteiger partial charge in [0.05, 0.1) is 18.2 Å². The minimum atomic E-state index is 0.0194. The third-order valence-corrected chi connectivity index (χ3v) is 5.07. The monoisotopic (exact) mass is 329 g/mol. The summed E-state index contributed by atoms with van der Waals surface area (Å²) in [5.41, 5.74) is 4.25. The van der Waals surface area contributed by atoms with E-state index < -0.39 is 0 Å². The van der Waals surface area contributed by atoms with Crippen molar-refractivity contribution in [1.82, 2.24) is 15.1 Å². The van der Waals surface area contributed by atoms with E-state index in [1.807, 2.05) is 32.5 Å². The van der Waals surface area contributed by atoms with Gasteiger partial charge in [-0.1, -0.05) is 13.8 Å². The van der Waals surface area contributed by atoms with Gasteiger partial charge in [-0.3, -0.25) is 9.48 Å². The quantitative estimate of drug-likeness (QED) is 0.940. The first-order chi connectivity index (χ1) is 11.2. The van der Waals surface area contributed by atoms with Crippen molar-refractivity contribution < 1.29 is 9.21 Å². The lowest BCUT2D eigenvalue weighted by Crippen LogP contribution is -2.36. The fourth-order valence-corrected chi connectivity index (χ4v) is 3.79. The minimum absolute atomic E-state index is 0.0194. The molecule has 0 aliphatic heterocycles. The Morgan fingerprint density at radius 3 is 2.75 bits per heavy atom. The van der Waals surface area contributed by atoms with E-state index >= 15 is 0 Å². The summed E-state index contributed by atoms with van der Waals surface area (Å²) in [6.45, 7) is 10.4. The lowest BCUT2D eigenvalue weighted by molar-refractivity contribution is -0.121. The second kappa shape index (κ2) is 5.80. The average molecular weight is 329 g/mol. The number of carbonyl (C=O) groups excluding carboxylic acids is 1.